The molecule has 0 aliphatic carbocycles. The molecular weight excluding hydrogens is 238 g/mol. The van der Waals surface area contributed by atoms with Crippen molar-refractivity contribution in [2.45, 2.75) is 6.54 Å². The van der Waals surface area contributed by atoms with Crippen LogP contribution in [-0.2, 0) is 16.1 Å². The van der Waals surface area contributed by atoms with Crippen molar-refractivity contribution in [3.05, 3.63) is 24.0 Å². The molecule has 18 heavy (non-hydrogen) atoms. The highest BCUT2D eigenvalue weighted by molar-refractivity contribution is 5.87. The van der Waals surface area contributed by atoms with Gasteiger partial charge in [0.05, 0.1) is 6.54 Å². The highest BCUT2D eigenvalue weighted by Crippen LogP contribution is 2.03. The number of carbonyl (C=O) groups excluding carboxylic acids is 2. The van der Waals surface area contributed by atoms with Gasteiger partial charge < -0.3 is 19.9 Å². The smallest absolute Gasteiger partial charge is 0.352 e. The van der Waals surface area contributed by atoms with Gasteiger partial charge in [-0.2, -0.15) is 0 Å². The number of carbonyl (C=O) groups is 3. The van der Waals surface area contributed by atoms with Crippen molar-refractivity contribution in [2.75, 3.05) is 20.6 Å². The Bertz CT molecular complexity index is 467. The summed E-state index contributed by atoms with van der Waals surface area (Å²) in [6.07, 6.45) is 1.51. The highest BCUT2D eigenvalue weighted by Gasteiger charge is 2.15. The first-order valence-corrected chi connectivity index (χ1v) is 5.28. The minimum absolute atomic E-state index is 0.0386. The van der Waals surface area contributed by atoms with Crippen LogP contribution in [0.25, 0.3) is 0 Å². The molecule has 1 rings (SSSR count). The van der Waals surface area contributed by atoms with Crippen molar-refractivity contribution < 1.29 is 19.5 Å². The lowest BCUT2D eigenvalue weighted by Gasteiger charge is -2.17. The lowest BCUT2D eigenvalue weighted by Crippen LogP contribution is -2.38. The Balaban J connectivity index is 2.67. The molecule has 0 aliphatic heterocycles. The second kappa shape index (κ2) is 5.85. The average Bonchev–Trinajstić information content (AvgIpc) is 2.76. The van der Waals surface area contributed by atoms with E-state index in [1.54, 1.807) is 6.07 Å². The van der Waals surface area contributed by atoms with Gasteiger partial charge in [0, 0.05) is 20.3 Å². The van der Waals surface area contributed by atoms with Gasteiger partial charge in [0.15, 0.2) is 0 Å². The van der Waals surface area contributed by atoms with Gasteiger partial charge in [0.25, 0.3) is 0 Å². The van der Waals surface area contributed by atoms with Crippen molar-refractivity contribution in [3.63, 3.8) is 0 Å². The standard InChI is InChI=1S/C11H15N3O4/c1-12-9(15)6-13(2)10(16)7-14-5-3-4-8(14)11(17)18/h3-5H,6-7H2,1-2H3,(H,12,15)(H,17,18). The third kappa shape index (κ3) is 3.34. The summed E-state index contributed by atoms with van der Waals surface area (Å²) in [7, 11) is 2.97. The van der Waals surface area contributed by atoms with Gasteiger partial charge in [-0.1, -0.05) is 0 Å². The van der Waals surface area contributed by atoms with E-state index in [1.807, 2.05) is 0 Å². The molecule has 0 bridgehead atoms. The van der Waals surface area contributed by atoms with Crippen LogP contribution in [0.4, 0.5) is 0 Å². The zero-order chi connectivity index (χ0) is 13.7. The molecule has 7 nitrogen and oxygen atoms in total. The summed E-state index contributed by atoms with van der Waals surface area (Å²) < 4.78 is 1.32. The van der Waals surface area contributed by atoms with Crippen molar-refractivity contribution in [3.8, 4) is 0 Å². The van der Waals surface area contributed by atoms with E-state index in [-0.39, 0.29) is 30.6 Å². The number of aromatic carboxylic acids is 1. The number of rotatable bonds is 5. The van der Waals surface area contributed by atoms with Crippen LogP contribution in [0.3, 0.4) is 0 Å². The van der Waals surface area contributed by atoms with E-state index in [4.69, 9.17) is 5.11 Å². The summed E-state index contributed by atoms with van der Waals surface area (Å²) >= 11 is 0. The van der Waals surface area contributed by atoms with E-state index in [9.17, 15) is 14.4 Å². The monoisotopic (exact) mass is 253 g/mol. The molecule has 0 atom stereocenters. The Morgan fingerprint density at radius 2 is 2.11 bits per heavy atom. The van der Waals surface area contributed by atoms with Crippen molar-refractivity contribution in [2.24, 2.45) is 0 Å². The molecular formula is C11H15N3O4. The van der Waals surface area contributed by atoms with Gasteiger partial charge >= 0.3 is 5.97 Å². The quantitative estimate of drug-likeness (QED) is 0.732. The molecule has 0 aliphatic rings. The molecule has 0 spiro atoms. The van der Waals surface area contributed by atoms with E-state index < -0.39 is 5.97 Å². The SMILES string of the molecule is CNC(=O)CN(C)C(=O)Cn1cccc1C(=O)O. The van der Waals surface area contributed by atoms with Crippen LogP contribution >= 0.6 is 0 Å². The number of amides is 2. The largest absolute Gasteiger partial charge is 0.477 e. The number of hydrogen-bond acceptors (Lipinski definition) is 3. The minimum Gasteiger partial charge on any atom is -0.477 e. The molecule has 0 saturated carbocycles. The zero-order valence-corrected chi connectivity index (χ0v) is 10.2. The topological polar surface area (TPSA) is 91.6 Å². The molecule has 0 aromatic carbocycles. The Morgan fingerprint density at radius 3 is 2.67 bits per heavy atom. The number of nitrogens with one attached hydrogen (secondary N) is 1. The van der Waals surface area contributed by atoms with Crippen LogP contribution in [-0.4, -0.2) is 53.0 Å². The average molecular weight is 253 g/mol. The molecule has 0 radical (unpaired) electrons. The Morgan fingerprint density at radius 1 is 1.44 bits per heavy atom. The van der Waals surface area contributed by atoms with Gasteiger partial charge in [0.2, 0.25) is 11.8 Å². The molecule has 98 valence electrons. The van der Waals surface area contributed by atoms with Crippen molar-refractivity contribution in [1.82, 2.24) is 14.8 Å². The van der Waals surface area contributed by atoms with E-state index in [0.717, 1.165) is 0 Å². The van der Waals surface area contributed by atoms with Crippen LogP contribution in [0.5, 0.6) is 0 Å². The van der Waals surface area contributed by atoms with E-state index in [2.05, 4.69) is 5.32 Å². The molecule has 2 N–H and O–H groups in total. The minimum atomic E-state index is -1.10. The van der Waals surface area contributed by atoms with Crippen LogP contribution in [0.1, 0.15) is 10.5 Å². The maximum atomic E-state index is 11.8. The van der Waals surface area contributed by atoms with E-state index in [1.165, 1.54) is 35.8 Å². The third-order valence-electron chi connectivity index (χ3n) is 2.44. The molecule has 0 unspecified atom stereocenters. The summed E-state index contributed by atoms with van der Waals surface area (Å²) in [5.74, 6) is -1.71. The first-order chi connectivity index (χ1) is 8.45. The van der Waals surface area contributed by atoms with Crippen LogP contribution in [0, 0.1) is 0 Å². The fourth-order valence-corrected chi connectivity index (χ4v) is 1.40. The predicted molar refractivity (Wildman–Crippen MR) is 63.1 cm³/mol. The Hall–Kier alpha value is -2.31. The van der Waals surface area contributed by atoms with Gasteiger partial charge in [-0.05, 0) is 12.1 Å². The Labute approximate surface area is 104 Å². The number of aromatic nitrogens is 1. The normalized spacial score (nSPS) is 9.89. The summed E-state index contributed by atoms with van der Waals surface area (Å²) in [6.45, 7) is -0.166. The molecule has 1 heterocycles. The second-order valence-electron chi connectivity index (χ2n) is 3.75. The summed E-state index contributed by atoms with van der Waals surface area (Å²) in [4.78, 5) is 35.0. The number of nitrogens with zero attached hydrogens (tertiary/aromatic N) is 2. The van der Waals surface area contributed by atoms with Crippen molar-refractivity contribution >= 4 is 17.8 Å². The molecule has 0 fully saturated rings. The first kappa shape index (κ1) is 13.8. The number of hydrogen-bond donors (Lipinski definition) is 2. The second-order valence-corrected chi connectivity index (χ2v) is 3.75. The van der Waals surface area contributed by atoms with E-state index >= 15 is 0 Å². The lowest BCUT2D eigenvalue weighted by molar-refractivity contribution is -0.135. The Kier molecular flexibility index (Phi) is 4.47. The fourth-order valence-electron chi connectivity index (χ4n) is 1.40. The molecule has 1 aromatic heterocycles. The summed E-state index contributed by atoms with van der Waals surface area (Å²) in [6, 6.07) is 2.96. The summed E-state index contributed by atoms with van der Waals surface area (Å²) in [5, 5.41) is 11.3. The van der Waals surface area contributed by atoms with Gasteiger partial charge in [-0.3, -0.25) is 9.59 Å². The van der Waals surface area contributed by atoms with Gasteiger partial charge in [0.1, 0.15) is 12.2 Å². The number of carboxylic acids is 1. The van der Waals surface area contributed by atoms with Crippen LogP contribution in [0.15, 0.2) is 18.3 Å². The first-order valence-electron chi connectivity index (χ1n) is 5.28. The van der Waals surface area contributed by atoms with Gasteiger partial charge in [-0.15, -0.1) is 0 Å². The maximum Gasteiger partial charge on any atom is 0.352 e. The van der Waals surface area contributed by atoms with E-state index in [0.29, 0.717) is 0 Å². The maximum absolute atomic E-state index is 11.8. The molecule has 1 aromatic rings. The zero-order valence-electron chi connectivity index (χ0n) is 10.2. The fraction of sp³-hybridized carbons (Fsp3) is 0.364. The predicted octanol–water partition coefficient (Wildman–Crippen LogP) is -0.609. The van der Waals surface area contributed by atoms with Crippen LogP contribution in [0.2, 0.25) is 0 Å². The number of likely N-dealkylation sites (N-methyl/N-ethyl adjacent to an activating group) is 2. The summed E-state index contributed by atoms with van der Waals surface area (Å²) in [5.41, 5.74) is 0.0386. The molecule has 2 amide bonds. The number of carboxylic acid groups (broad SMARTS) is 1. The van der Waals surface area contributed by atoms with Crippen LogP contribution < -0.4 is 5.32 Å². The van der Waals surface area contributed by atoms with Crippen molar-refractivity contribution in [1.29, 1.82) is 0 Å². The molecule has 0 saturated heterocycles. The molecule has 7 heteroatoms. The highest BCUT2D eigenvalue weighted by atomic mass is 16.4. The third-order valence-corrected chi connectivity index (χ3v) is 2.44. The van der Waals surface area contributed by atoms with Gasteiger partial charge in [-0.25, -0.2) is 4.79 Å². The lowest BCUT2D eigenvalue weighted by atomic mass is 10.4.